The van der Waals surface area contributed by atoms with Gasteiger partial charge in [-0.05, 0) is 67.7 Å². The largest absolute Gasteiger partial charge is 0.466 e. The Kier molecular flexibility index (Phi) is 5.87. The lowest BCUT2D eigenvalue weighted by molar-refractivity contribution is -0.136. The maximum Gasteiger partial charge on any atom is 0.337 e. The highest BCUT2D eigenvalue weighted by atomic mass is 32.2. The Morgan fingerprint density at radius 1 is 1.19 bits per heavy atom. The van der Waals surface area contributed by atoms with E-state index < -0.39 is 0 Å². The second-order valence-electron chi connectivity index (χ2n) is 6.32. The summed E-state index contributed by atoms with van der Waals surface area (Å²) in [6.07, 6.45) is 2.03. The Morgan fingerprint density at radius 3 is 2.48 bits per heavy atom. The van der Waals surface area contributed by atoms with Gasteiger partial charge < -0.3 is 10.1 Å². The van der Waals surface area contributed by atoms with E-state index in [1.807, 2.05) is 73.5 Å². The number of anilines is 1. The van der Waals surface area contributed by atoms with Crippen molar-refractivity contribution >= 4 is 40.7 Å². The number of thioether (sulfide) groups is 1. The van der Waals surface area contributed by atoms with E-state index in [0.29, 0.717) is 10.7 Å². The first-order valence-corrected chi connectivity index (χ1v) is 10.2. The molecule has 0 spiro atoms. The Hall–Kier alpha value is -2.31. The Labute approximate surface area is 169 Å². The average molecular weight is 399 g/mol. The van der Waals surface area contributed by atoms with E-state index in [0.717, 1.165) is 22.5 Å². The van der Waals surface area contributed by atoms with E-state index in [1.54, 1.807) is 11.8 Å². The van der Waals surface area contributed by atoms with Crippen molar-refractivity contribution in [2.24, 2.45) is 0 Å². The predicted molar refractivity (Wildman–Crippen MR) is 115 cm³/mol. The first-order valence-electron chi connectivity index (χ1n) is 8.56. The van der Waals surface area contributed by atoms with Crippen LogP contribution in [0.15, 0.2) is 64.7 Å². The molecular formula is C21H22N2O2S2. The molecular weight excluding hydrogens is 376 g/mol. The molecule has 3 rings (SSSR count). The van der Waals surface area contributed by atoms with Crippen LogP contribution in [0.25, 0.3) is 0 Å². The summed E-state index contributed by atoms with van der Waals surface area (Å²) in [5.74, 6) is -0.362. The normalized spacial score (nSPS) is 17.0. The topological polar surface area (TPSA) is 41.6 Å². The summed E-state index contributed by atoms with van der Waals surface area (Å²) >= 11 is 7.33. The van der Waals surface area contributed by atoms with Crippen molar-refractivity contribution in [2.75, 3.05) is 18.3 Å². The second-order valence-corrected chi connectivity index (χ2v) is 7.59. The maximum absolute atomic E-state index is 12.6. The third-order valence-electron chi connectivity index (χ3n) is 4.60. The lowest BCUT2D eigenvalue weighted by Gasteiger charge is -2.37. The fourth-order valence-electron chi connectivity index (χ4n) is 3.24. The van der Waals surface area contributed by atoms with Gasteiger partial charge in [0, 0.05) is 16.3 Å². The zero-order valence-electron chi connectivity index (χ0n) is 15.8. The SMILES string of the molecule is COC(=O)C1=C(C)N(c2cccc(C)c2)C(=S)N[C@H]1c1ccc(SC)cc1. The number of nitrogens with one attached hydrogen (secondary N) is 1. The lowest BCUT2D eigenvalue weighted by atomic mass is 9.95. The molecule has 0 aliphatic carbocycles. The molecule has 1 aliphatic rings. The van der Waals surface area contributed by atoms with Gasteiger partial charge in [0.05, 0.1) is 18.7 Å². The monoisotopic (exact) mass is 398 g/mol. The number of aryl methyl sites for hydroxylation is 1. The number of hydrogen-bond acceptors (Lipinski definition) is 4. The van der Waals surface area contributed by atoms with Gasteiger partial charge in [0.2, 0.25) is 0 Å². The average Bonchev–Trinajstić information content (AvgIpc) is 2.67. The van der Waals surface area contributed by atoms with E-state index >= 15 is 0 Å². The molecule has 0 unspecified atom stereocenters. The summed E-state index contributed by atoms with van der Waals surface area (Å²) in [4.78, 5) is 15.7. The summed E-state index contributed by atoms with van der Waals surface area (Å²) in [7, 11) is 1.40. The van der Waals surface area contributed by atoms with Gasteiger partial charge in [0.25, 0.3) is 0 Å². The van der Waals surface area contributed by atoms with Gasteiger partial charge in [0.1, 0.15) is 0 Å². The highest BCUT2D eigenvalue weighted by Crippen LogP contribution is 2.34. The van der Waals surface area contributed by atoms with Crippen molar-refractivity contribution < 1.29 is 9.53 Å². The number of esters is 1. The molecule has 4 nitrogen and oxygen atoms in total. The summed E-state index contributed by atoms with van der Waals surface area (Å²) in [6, 6.07) is 15.8. The number of nitrogens with zero attached hydrogens (tertiary/aromatic N) is 1. The number of ether oxygens (including phenoxy) is 1. The fraction of sp³-hybridized carbons (Fsp3) is 0.238. The van der Waals surface area contributed by atoms with Crippen molar-refractivity contribution in [1.82, 2.24) is 5.32 Å². The second kappa shape index (κ2) is 8.15. The molecule has 0 fully saturated rings. The molecule has 0 amide bonds. The Morgan fingerprint density at radius 2 is 1.89 bits per heavy atom. The predicted octanol–water partition coefficient (Wildman–Crippen LogP) is 4.60. The molecule has 2 aromatic rings. The lowest BCUT2D eigenvalue weighted by Crippen LogP contribution is -2.48. The molecule has 0 radical (unpaired) electrons. The fourth-order valence-corrected chi connectivity index (χ4v) is 4.01. The molecule has 0 saturated carbocycles. The molecule has 0 aromatic heterocycles. The van der Waals surface area contributed by atoms with Gasteiger partial charge in [0.15, 0.2) is 5.11 Å². The van der Waals surface area contributed by atoms with Crippen molar-refractivity contribution in [3.05, 3.63) is 70.9 Å². The molecule has 1 heterocycles. The standard InChI is InChI=1S/C21H22N2O2S2/c1-13-6-5-7-16(12-13)23-14(2)18(20(24)25-3)19(22-21(23)26)15-8-10-17(27-4)11-9-15/h5-12,19H,1-4H3,(H,22,26)/t19-/m0/s1. The van der Waals surface area contributed by atoms with E-state index in [9.17, 15) is 4.79 Å². The van der Waals surface area contributed by atoms with Crippen molar-refractivity contribution in [1.29, 1.82) is 0 Å². The van der Waals surface area contributed by atoms with Crippen LogP contribution in [-0.2, 0) is 9.53 Å². The number of hydrogen-bond donors (Lipinski definition) is 1. The number of rotatable bonds is 4. The Bertz CT molecular complexity index is 907. The number of benzene rings is 2. The minimum absolute atomic E-state index is 0.345. The summed E-state index contributed by atoms with van der Waals surface area (Å²) < 4.78 is 5.09. The number of methoxy groups -OCH3 is 1. The van der Waals surface area contributed by atoms with Crippen LogP contribution in [0.5, 0.6) is 0 Å². The molecule has 1 aliphatic heterocycles. The third-order valence-corrected chi connectivity index (χ3v) is 5.64. The first kappa shape index (κ1) is 19.5. The van der Waals surface area contributed by atoms with Crippen LogP contribution >= 0.6 is 24.0 Å². The molecule has 1 N–H and O–H groups in total. The van der Waals surface area contributed by atoms with E-state index in [1.165, 1.54) is 12.0 Å². The van der Waals surface area contributed by atoms with E-state index in [2.05, 4.69) is 5.32 Å². The summed E-state index contributed by atoms with van der Waals surface area (Å²) in [5, 5.41) is 3.89. The van der Waals surface area contributed by atoms with Gasteiger partial charge in [-0.1, -0.05) is 24.3 Å². The number of allylic oxidation sites excluding steroid dienone is 1. The molecule has 6 heteroatoms. The van der Waals surface area contributed by atoms with E-state index in [-0.39, 0.29) is 12.0 Å². The van der Waals surface area contributed by atoms with Crippen LogP contribution in [0.4, 0.5) is 5.69 Å². The first-order chi connectivity index (χ1) is 13.0. The van der Waals surface area contributed by atoms with Gasteiger partial charge >= 0.3 is 5.97 Å². The molecule has 0 bridgehead atoms. The number of thiocarbonyl (C=S) groups is 1. The maximum atomic E-state index is 12.6. The number of carbonyl (C=O) groups is 1. The highest BCUT2D eigenvalue weighted by molar-refractivity contribution is 7.98. The smallest absolute Gasteiger partial charge is 0.337 e. The van der Waals surface area contributed by atoms with Gasteiger partial charge in [-0.3, -0.25) is 4.90 Å². The van der Waals surface area contributed by atoms with Gasteiger partial charge in [-0.15, -0.1) is 11.8 Å². The quantitative estimate of drug-likeness (QED) is 0.461. The van der Waals surface area contributed by atoms with Crippen molar-refractivity contribution in [3.63, 3.8) is 0 Å². The van der Waals surface area contributed by atoms with Crippen LogP contribution in [0.3, 0.4) is 0 Å². The van der Waals surface area contributed by atoms with Gasteiger partial charge in [-0.2, -0.15) is 0 Å². The molecule has 1 atom stereocenters. The highest BCUT2D eigenvalue weighted by Gasteiger charge is 2.35. The number of carbonyl (C=O) groups excluding carboxylic acids is 1. The van der Waals surface area contributed by atoms with Gasteiger partial charge in [-0.25, -0.2) is 4.79 Å². The molecule has 2 aromatic carbocycles. The minimum atomic E-state index is -0.362. The van der Waals surface area contributed by atoms with Crippen LogP contribution in [0.2, 0.25) is 0 Å². The van der Waals surface area contributed by atoms with E-state index in [4.69, 9.17) is 17.0 Å². The molecule has 140 valence electrons. The van der Waals surface area contributed by atoms with Crippen molar-refractivity contribution in [3.8, 4) is 0 Å². The zero-order valence-corrected chi connectivity index (χ0v) is 17.4. The molecule has 27 heavy (non-hydrogen) atoms. The van der Waals surface area contributed by atoms with Crippen LogP contribution < -0.4 is 10.2 Å². The summed E-state index contributed by atoms with van der Waals surface area (Å²) in [5.41, 5.74) is 4.35. The van der Waals surface area contributed by atoms with Crippen LogP contribution in [0, 0.1) is 6.92 Å². The Balaban J connectivity index is 2.11. The zero-order chi connectivity index (χ0) is 19.6. The van der Waals surface area contributed by atoms with Crippen LogP contribution in [0.1, 0.15) is 24.1 Å². The third kappa shape index (κ3) is 3.87. The summed E-state index contributed by atoms with van der Waals surface area (Å²) in [6.45, 7) is 3.94. The van der Waals surface area contributed by atoms with Crippen LogP contribution in [-0.4, -0.2) is 24.4 Å². The molecule has 0 saturated heterocycles. The van der Waals surface area contributed by atoms with Crippen molar-refractivity contribution in [2.45, 2.75) is 24.8 Å². The minimum Gasteiger partial charge on any atom is -0.466 e.